The van der Waals surface area contributed by atoms with Gasteiger partial charge in [0.1, 0.15) is 0 Å². The van der Waals surface area contributed by atoms with Crippen molar-refractivity contribution in [1.82, 2.24) is 9.80 Å². The maximum Gasteiger partial charge on any atom is 0.242 e. The molecule has 0 spiro atoms. The van der Waals surface area contributed by atoms with Crippen LogP contribution in [0.5, 0.6) is 11.5 Å². The molecule has 1 aromatic carbocycles. The molecule has 1 heterocycles. The summed E-state index contributed by atoms with van der Waals surface area (Å²) in [6.45, 7) is 12.7. The predicted molar refractivity (Wildman–Crippen MR) is 152 cm³/mol. The molecule has 2 amide bonds. The summed E-state index contributed by atoms with van der Waals surface area (Å²) in [4.78, 5) is 31.7. The normalized spacial score (nSPS) is 12.2. The molecule has 206 valence electrons. The van der Waals surface area contributed by atoms with E-state index in [4.69, 9.17) is 9.47 Å². The highest BCUT2D eigenvalue weighted by molar-refractivity contribution is 7.09. The van der Waals surface area contributed by atoms with Crippen LogP contribution in [0.4, 0.5) is 0 Å². The second-order valence-corrected chi connectivity index (χ2v) is 12.1. The van der Waals surface area contributed by atoms with Gasteiger partial charge >= 0.3 is 0 Å². The van der Waals surface area contributed by atoms with Crippen LogP contribution < -0.4 is 9.47 Å². The average molecular weight is 531 g/mol. The van der Waals surface area contributed by atoms with Crippen LogP contribution in [-0.2, 0) is 22.6 Å². The number of rotatable bonds is 15. The Hall–Kier alpha value is -2.54. The van der Waals surface area contributed by atoms with Gasteiger partial charge in [-0.05, 0) is 59.7 Å². The number of ether oxygens (including phenoxy) is 2. The minimum Gasteiger partial charge on any atom is -0.493 e. The quantitative estimate of drug-likeness (QED) is 0.266. The first kappa shape index (κ1) is 30.7. The van der Waals surface area contributed by atoms with Crippen molar-refractivity contribution < 1.29 is 19.1 Å². The molecule has 0 saturated carbocycles. The summed E-state index contributed by atoms with van der Waals surface area (Å²) in [6.07, 6.45) is 4.01. The van der Waals surface area contributed by atoms with Gasteiger partial charge in [0.15, 0.2) is 11.5 Å². The molecule has 37 heavy (non-hydrogen) atoms. The fourth-order valence-corrected chi connectivity index (χ4v) is 5.35. The van der Waals surface area contributed by atoms with Crippen LogP contribution in [-0.4, -0.2) is 55.5 Å². The summed E-state index contributed by atoms with van der Waals surface area (Å²) in [6, 6.07) is 9.91. The van der Waals surface area contributed by atoms with E-state index in [9.17, 15) is 9.59 Å². The van der Waals surface area contributed by atoms with Gasteiger partial charge in [0.25, 0.3) is 0 Å². The fraction of sp³-hybridized carbons (Fsp3) is 0.600. The molecule has 0 fully saturated rings. The highest BCUT2D eigenvalue weighted by atomic mass is 32.1. The van der Waals surface area contributed by atoms with Gasteiger partial charge in [0.05, 0.1) is 27.3 Å². The Morgan fingerprint density at radius 3 is 2.32 bits per heavy atom. The molecule has 0 bridgehead atoms. The van der Waals surface area contributed by atoms with E-state index in [1.165, 1.54) is 0 Å². The van der Waals surface area contributed by atoms with Crippen molar-refractivity contribution in [3.63, 3.8) is 0 Å². The number of thiophene rings is 1. The maximum absolute atomic E-state index is 13.6. The molecular formula is C30H46N2O4S. The molecule has 1 atom stereocenters. The van der Waals surface area contributed by atoms with Crippen LogP contribution in [0.3, 0.4) is 0 Å². The van der Waals surface area contributed by atoms with Gasteiger partial charge in [0.2, 0.25) is 11.8 Å². The summed E-state index contributed by atoms with van der Waals surface area (Å²) in [5.74, 6) is 1.70. The molecule has 6 nitrogen and oxygen atoms in total. The van der Waals surface area contributed by atoms with Crippen LogP contribution in [0.1, 0.15) is 70.7 Å². The molecule has 0 N–H and O–H groups in total. The first-order valence-electron chi connectivity index (χ1n) is 13.3. The molecule has 1 unspecified atom stereocenters. The van der Waals surface area contributed by atoms with E-state index in [1.54, 1.807) is 30.5 Å². The summed E-state index contributed by atoms with van der Waals surface area (Å²) in [5, 5.41) is 2.03. The van der Waals surface area contributed by atoms with Gasteiger partial charge < -0.3 is 19.3 Å². The fourth-order valence-electron chi connectivity index (χ4n) is 4.63. The third-order valence-electron chi connectivity index (χ3n) is 6.34. The average Bonchev–Trinajstić information content (AvgIpc) is 3.35. The van der Waals surface area contributed by atoms with Crippen molar-refractivity contribution in [2.45, 2.75) is 73.3 Å². The van der Waals surface area contributed by atoms with E-state index in [0.29, 0.717) is 44.0 Å². The van der Waals surface area contributed by atoms with E-state index in [0.717, 1.165) is 29.7 Å². The molecule has 0 aliphatic heterocycles. The zero-order valence-corrected chi connectivity index (χ0v) is 24.7. The number of hydrogen-bond acceptors (Lipinski definition) is 5. The lowest BCUT2D eigenvalue weighted by atomic mass is 9.84. The van der Waals surface area contributed by atoms with E-state index in [2.05, 4.69) is 40.7 Å². The highest BCUT2D eigenvalue weighted by Gasteiger charge is 2.24. The van der Waals surface area contributed by atoms with Crippen molar-refractivity contribution >= 4 is 23.2 Å². The molecule has 0 saturated heterocycles. The predicted octanol–water partition coefficient (Wildman–Crippen LogP) is 6.43. The first-order chi connectivity index (χ1) is 17.6. The number of nitrogens with zero attached hydrogens (tertiary/aromatic N) is 2. The zero-order chi connectivity index (χ0) is 27.4. The lowest BCUT2D eigenvalue weighted by molar-refractivity contribution is -0.141. The molecule has 0 aliphatic rings. The Morgan fingerprint density at radius 2 is 1.73 bits per heavy atom. The van der Waals surface area contributed by atoms with Crippen molar-refractivity contribution in [2.75, 3.05) is 33.9 Å². The Morgan fingerprint density at radius 1 is 1.00 bits per heavy atom. The molecule has 7 heteroatoms. The Bertz CT molecular complexity index is 968. The van der Waals surface area contributed by atoms with Crippen LogP contribution in [0.2, 0.25) is 0 Å². The highest BCUT2D eigenvalue weighted by Crippen LogP contribution is 2.28. The number of carbonyl (C=O) groups excluding carboxylic acids is 2. The molecule has 0 aliphatic carbocycles. The number of hydrogen-bond donors (Lipinski definition) is 0. The lowest BCUT2D eigenvalue weighted by Gasteiger charge is -2.29. The van der Waals surface area contributed by atoms with Gasteiger partial charge in [-0.1, -0.05) is 53.2 Å². The van der Waals surface area contributed by atoms with Crippen molar-refractivity contribution in [3.05, 3.63) is 46.2 Å². The van der Waals surface area contributed by atoms with Crippen LogP contribution in [0, 0.1) is 11.3 Å². The smallest absolute Gasteiger partial charge is 0.242 e. The largest absolute Gasteiger partial charge is 0.493 e. The number of benzene rings is 1. The lowest BCUT2D eigenvalue weighted by Crippen LogP contribution is -2.44. The van der Waals surface area contributed by atoms with E-state index in [1.807, 2.05) is 34.5 Å². The summed E-state index contributed by atoms with van der Waals surface area (Å²) in [7, 11) is 3.24. The van der Waals surface area contributed by atoms with Gasteiger partial charge in [-0.15, -0.1) is 11.3 Å². The molecule has 2 aromatic rings. The van der Waals surface area contributed by atoms with E-state index in [-0.39, 0.29) is 29.7 Å². The molecule has 1 aromatic heterocycles. The number of carbonyl (C=O) groups is 2. The SMILES string of the molecule is CCCCN(CC(=O)N(CCc1ccc(OC)c(OC)c1)Cc1cccs1)C(=O)CC(C)CC(C)(C)C. The van der Waals surface area contributed by atoms with Gasteiger partial charge in [-0.25, -0.2) is 0 Å². The summed E-state index contributed by atoms with van der Waals surface area (Å²) >= 11 is 1.64. The third kappa shape index (κ3) is 10.8. The van der Waals surface area contributed by atoms with Crippen molar-refractivity contribution in [2.24, 2.45) is 11.3 Å². The van der Waals surface area contributed by atoms with E-state index < -0.39 is 0 Å². The van der Waals surface area contributed by atoms with Gasteiger partial charge in [0, 0.05) is 24.4 Å². The summed E-state index contributed by atoms with van der Waals surface area (Å²) < 4.78 is 10.8. The third-order valence-corrected chi connectivity index (χ3v) is 7.20. The first-order valence-corrected chi connectivity index (χ1v) is 14.2. The van der Waals surface area contributed by atoms with Crippen LogP contribution in [0.15, 0.2) is 35.7 Å². The van der Waals surface area contributed by atoms with Crippen LogP contribution >= 0.6 is 11.3 Å². The molecule has 2 rings (SSSR count). The number of unbranched alkanes of at least 4 members (excludes halogenated alkanes) is 1. The molecular weight excluding hydrogens is 484 g/mol. The second kappa shape index (κ2) is 15.0. The number of methoxy groups -OCH3 is 2. The second-order valence-electron chi connectivity index (χ2n) is 11.1. The standard InChI is InChI=1S/C30H46N2O4S/c1-8-9-15-31(28(33)18-23(2)20-30(3,4)5)22-29(34)32(21-25-11-10-17-37-25)16-14-24-12-13-26(35-6)27(19-24)36-7/h10-13,17,19,23H,8-9,14-16,18,20-22H2,1-7H3. The minimum absolute atomic E-state index is 0.0122. The Labute approximate surface area is 227 Å². The van der Waals surface area contributed by atoms with Crippen molar-refractivity contribution in [3.8, 4) is 11.5 Å². The number of amides is 2. The zero-order valence-electron chi connectivity index (χ0n) is 23.8. The van der Waals surface area contributed by atoms with E-state index >= 15 is 0 Å². The maximum atomic E-state index is 13.6. The van der Waals surface area contributed by atoms with Crippen LogP contribution in [0.25, 0.3) is 0 Å². The Balaban J connectivity index is 2.14. The van der Waals surface area contributed by atoms with Gasteiger partial charge in [-0.2, -0.15) is 0 Å². The molecule has 0 radical (unpaired) electrons. The monoisotopic (exact) mass is 530 g/mol. The Kier molecular flexibility index (Phi) is 12.4. The topological polar surface area (TPSA) is 59.1 Å². The minimum atomic E-state index is -0.0122. The van der Waals surface area contributed by atoms with Gasteiger partial charge in [-0.3, -0.25) is 9.59 Å². The summed E-state index contributed by atoms with van der Waals surface area (Å²) in [5.41, 5.74) is 1.24. The van der Waals surface area contributed by atoms with Crippen molar-refractivity contribution in [1.29, 1.82) is 0 Å².